The molecule has 0 amide bonds. The Morgan fingerprint density at radius 3 is 2.55 bits per heavy atom. The van der Waals surface area contributed by atoms with E-state index in [2.05, 4.69) is 10.1 Å². The van der Waals surface area contributed by atoms with E-state index >= 15 is 0 Å². The Hall–Kier alpha value is -2.35. The average molecular weight is 450 g/mol. The number of aliphatic imine (C=N–C) groups is 1. The summed E-state index contributed by atoms with van der Waals surface area (Å²) in [6, 6.07) is 9.98. The summed E-state index contributed by atoms with van der Waals surface area (Å²) in [5.74, 6) is 0.956. The van der Waals surface area contributed by atoms with Crippen LogP contribution in [0.3, 0.4) is 0 Å². The van der Waals surface area contributed by atoms with E-state index < -0.39 is 9.84 Å². The predicted octanol–water partition coefficient (Wildman–Crippen LogP) is 5.20. The monoisotopic (exact) mass is 449 g/mol. The second kappa shape index (κ2) is 7.48. The molecule has 3 aromatic rings. The van der Waals surface area contributed by atoms with E-state index in [4.69, 9.17) is 27.9 Å². The normalized spacial score (nSPS) is 12.8. The van der Waals surface area contributed by atoms with Gasteiger partial charge in [-0.1, -0.05) is 36.2 Å². The van der Waals surface area contributed by atoms with Crippen molar-refractivity contribution in [3.63, 3.8) is 0 Å². The van der Waals surface area contributed by atoms with Gasteiger partial charge in [0.25, 0.3) is 0 Å². The molecule has 0 aliphatic carbocycles. The van der Waals surface area contributed by atoms with Gasteiger partial charge in [-0.05, 0) is 37.3 Å². The minimum Gasteiger partial charge on any atom is -0.436 e. The van der Waals surface area contributed by atoms with Crippen LogP contribution in [0.5, 0.6) is 11.6 Å². The Morgan fingerprint density at radius 1 is 1.14 bits per heavy atom. The van der Waals surface area contributed by atoms with Crippen molar-refractivity contribution < 1.29 is 13.2 Å². The molecule has 0 saturated carbocycles. The number of nitrogens with zero attached hydrogens (tertiary/aromatic N) is 3. The summed E-state index contributed by atoms with van der Waals surface area (Å²) in [6.07, 6.45) is 1.64. The van der Waals surface area contributed by atoms with Crippen LogP contribution in [-0.4, -0.2) is 30.2 Å². The molecule has 150 valence electrons. The van der Waals surface area contributed by atoms with Gasteiger partial charge >= 0.3 is 0 Å². The zero-order valence-electron chi connectivity index (χ0n) is 15.7. The maximum Gasteiger partial charge on any atom is 0.227 e. The fraction of sp³-hybridized carbons (Fsp3) is 0.200. The van der Waals surface area contributed by atoms with Crippen molar-refractivity contribution in [1.29, 1.82) is 0 Å². The van der Waals surface area contributed by atoms with E-state index in [0.717, 1.165) is 11.3 Å². The van der Waals surface area contributed by atoms with Crippen LogP contribution in [0, 0.1) is 6.92 Å². The Kier molecular flexibility index (Phi) is 5.14. The Labute approximate surface area is 178 Å². The molecule has 6 nitrogen and oxygen atoms in total. The van der Waals surface area contributed by atoms with E-state index in [1.807, 2.05) is 6.92 Å². The summed E-state index contributed by atoms with van der Waals surface area (Å²) in [7, 11) is -3.34. The van der Waals surface area contributed by atoms with E-state index in [-0.39, 0.29) is 10.6 Å². The number of halogens is 2. The molecule has 2 heterocycles. The standard InChI is InChI=1S/C20H17Cl2N3O3S/c1-3-29(26,27)13-7-8-19-18(9-13)23-10-14-12(2)24-25(20(14)28-19)11-15-16(21)5-4-6-17(15)22/h4-10H,3,11H2,1-2H3. The molecule has 29 heavy (non-hydrogen) atoms. The quantitative estimate of drug-likeness (QED) is 0.429. The summed E-state index contributed by atoms with van der Waals surface area (Å²) in [5, 5.41) is 5.62. The summed E-state index contributed by atoms with van der Waals surface area (Å²) >= 11 is 12.6. The molecule has 0 bridgehead atoms. The van der Waals surface area contributed by atoms with E-state index in [0.29, 0.717) is 39.5 Å². The van der Waals surface area contributed by atoms with Crippen LogP contribution in [0.4, 0.5) is 5.69 Å². The average Bonchev–Trinajstić information content (AvgIpc) is 2.86. The second-order valence-electron chi connectivity index (χ2n) is 6.56. The van der Waals surface area contributed by atoms with Gasteiger partial charge in [-0.25, -0.2) is 13.1 Å². The molecule has 0 unspecified atom stereocenters. The third kappa shape index (κ3) is 3.66. The molecular formula is C20H17Cl2N3O3S. The summed E-state index contributed by atoms with van der Waals surface area (Å²) in [6.45, 7) is 3.77. The van der Waals surface area contributed by atoms with E-state index in [1.54, 1.807) is 42.1 Å². The van der Waals surface area contributed by atoms with Crippen molar-refractivity contribution in [2.24, 2.45) is 4.99 Å². The van der Waals surface area contributed by atoms with Crippen LogP contribution in [0.2, 0.25) is 10.0 Å². The lowest BCUT2D eigenvalue weighted by Crippen LogP contribution is -2.06. The van der Waals surface area contributed by atoms with Crippen molar-refractivity contribution in [3.05, 3.63) is 63.3 Å². The molecule has 4 rings (SSSR count). The number of sulfone groups is 1. The third-order valence-electron chi connectivity index (χ3n) is 4.70. The number of hydrogen-bond acceptors (Lipinski definition) is 5. The zero-order valence-corrected chi connectivity index (χ0v) is 18.0. The van der Waals surface area contributed by atoms with Gasteiger partial charge in [0, 0.05) is 21.8 Å². The first-order chi connectivity index (χ1) is 13.8. The number of rotatable bonds is 4. The molecule has 1 aromatic heterocycles. The highest BCUT2D eigenvalue weighted by Gasteiger charge is 2.23. The SMILES string of the molecule is CCS(=O)(=O)c1ccc2c(c1)N=Cc1c(C)nn(Cc3c(Cl)cccc3Cl)c1O2. The lowest BCUT2D eigenvalue weighted by atomic mass is 10.2. The summed E-state index contributed by atoms with van der Waals surface area (Å²) < 4.78 is 32.1. The zero-order chi connectivity index (χ0) is 20.8. The van der Waals surface area contributed by atoms with Crippen molar-refractivity contribution >= 4 is 44.9 Å². The van der Waals surface area contributed by atoms with Crippen LogP contribution in [-0.2, 0) is 16.4 Å². The molecule has 0 fully saturated rings. The molecular weight excluding hydrogens is 433 g/mol. The molecule has 0 saturated heterocycles. The van der Waals surface area contributed by atoms with Crippen LogP contribution >= 0.6 is 23.2 Å². The van der Waals surface area contributed by atoms with E-state index in [9.17, 15) is 8.42 Å². The summed E-state index contributed by atoms with van der Waals surface area (Å²) in [5.41, 5.74) is 2.61. The molecule has 0 atom stereocenters. The van der Waals surface area contributed by atoms with Gasteiger partial charge in [0.05, 0.1) is 28.5 Å². The molecule has 0 spiro atoms. The smallest absolute Gasteiger partial charge is 0.227 e. The lowest BCUT2D eigenvalue weighted by molar-refractivity contribution is 0.422. The van der Waals surface area contributed by atoms with Crippen LogP contribution in [0.15, 0.2) is 46.3 Å². The van der Waals surface area contributed by atoms with Crippen LogP contribution < -0.4 is 4.74 Å². The molecule has 0 radical (unpaired) electrons. The maximum atomic E-state index is 12.2. The van der Waals surface area contributed by atoms with Gasteiger partial charge in [0.15, 0.2) is 15.6 Å². The largest absolute Gasteiger partial charge is 0.436 e. The van der Waals surface area contributed by atoms with Crippen LogP contribution in [0.25, 0.3) is 0 Å². The van der Waals surface area contributed by atoms with Gasteiger partial charge in [-0.3, -0.25) is 4.99 Å². The van der Waals surface area contributed by atoms with Crippen LogP contribution in [0.1, 0.15) is 23.7 Å². The van der Waals surface area contributed by atoms with E-state index in [1.165, 1.54) is 12.1 Å². The van der Waals surface area contributed by atoms with Gasteiger partial charge < -0.3 is 4.74 Å². The fourth-order valence-corrected chi connectivity index (χ4v) is 4.47. The molecule has 9 heteroatoms. The van der Waals surface area contributed by atoms with Gasteiger partial charge in [0.2, 0.25) is 5.88 Å². The first-order valence-corrected chi connectivity index (χ1v) is 11.3. The highest BCUT2D eigenvalue weighted by molar-refractivity contribution is 7.91. The molecule has 0 N–H and O–H groups in total. The number of fused-ring (bicyclic) bond motifs is 2. The minimum atomic E-state index is -3.34. The molecule has 1 aliphatic rings. The molecule has 2 aromatic carbocycles. The topological polar surface area (TPSA) is 73.5 Å². The Morgan fingerprint density at radius 2 is 1.86 bits per heavy atom. The second-order valence-corrected chi connectivity index (χ2v) is 9.65. The van der Waals surface area contributed by atoms with Gasteiger partial charge in [-0.2, -0.15) is 5.10 Å². The Bertz CT molecular complexity index is 1230. The maximum absolute atomic E-state index is 12.2. The van der Waals surface area contributed by atoms with Crippen molar-refractivity contribution in [3.8, 4) is 11.6 Å². The lowest BCUT2D eigenvalue weighted by Gasteiger charge is -2.12. The highest BCUT2D eigenvalue weighted by atomic mass is 35.5. The van der Waals surface area contributed by atoms with Crippen molar-refractivity contribution in [1.82, 2.24) is 9.78 Å². The number of aromatic nitrogens is 2. The first kappa shape index (κ1) is 19.9. The summed E-state index contributed by atoms with van der Waals surface area (Å²) in [4.78, 5) is 4.65. The number of hydrogen-bond donors (Lipinski definition) is 0. The Balaban J connectivity index is 1.77. The number of ether oxygens (including phenoxy) is 1. The highest BCUT2D eigenvalue weighted by Crippen LogP contribution is 2.39. The number of benzene rings is 2. The third-order valence-corrected chi connectivity index (χ3v) is 7.14. The van der Waals surface area contributed by atoms with Gasteiger partial charge in [-0.15, -0.1) is 0 Å². The molecule has 1 aliphatic heterocycles. The van der Waals surface area contributed by atoms with Gasteiger partial charge in [0.1, 0.15) is 5.69 Å². The van der Waals surface area contributed by atoms with Crippen molar-refractivity contribution in [2.75, 3.05) is 5.75 Å². The van der Waals surface area contributed by atoms with Crippen molar-refractivity contribution in [2.45, 2.75) is 25.3 Å². The fourth-order valence-electron chi connectivity index (χ4n) is 3.05. The number of aryl methyl sites for hydroxylation is 1. The minimum absolute atomic E-state index is 0.0171. The first-order valence-electron chi connectivity index (χ1n) is 8.89. The predicted molar refractivity (Wildman–Crippen MR) is 114 cm³/mol.